The van der Waals surface area contributed by atoms with Gasteiger partial charge in [0.1, 0.15) is 16.5 Å². The van der Waals surface area contributed by atoms with Crippen molar-refractivity contribution in [2.75, 3.05) is 7.05 Å². The number of hydrogen-bond donors (Lipinski definition) is 3. The molecule has 5 N–H and O–H groups in total. The Labute approximate surface area is 267 Å². The van der Waals surface area contributed by atoms with E-state index in [-0.39, 0.29) is 43.2 Å². The summed E-state index contributed by atoms with van der Waals surface area (Å²) in [6, 6.07) is 20.3. The normalized spacial score (nSPS) is 13.3. The molecule has 0 aliphatic rings. The number of sulfonamides is 1. The van der Waals surface area contributed by atoms with Gasteiger partial charge >= 0.3 is 5.97 Å². The Morgan fingerprint density at radius 1 is 0.913 bits per heavy atom. The van der Waals surface area contributed by atoms with Gasteiger partial charge in [0.15, 0.2) is 0 Å². The van der Waals surface area contributed by atoms with E-state index in [4.69, 9.17) is 0 Å². The van der Waals surface area contributed by atoms with Crippen LogP contribution in [0.1, 0.15) is 50.3 Å². The number of hydrogen-bond acceptors (Lipinski definition) is 6. The summed E-state index contributed by atoms with van der Waals surface area (Å²) in [6.07, 6.45) is -2.62. The fourth-order valence-electron chi connectivity index (χ4n) is 5.60. The number of aliphatic hydroxyl groups excluding tert-OH is 2. The first-order valence-corrected chi connectivity index (χ1v) is 16.4. The molecule has 2 unspecified atom stereocenters. The van der Waals surface area contributed by atoms with E-state index in [1.807, 2.05) is 44.2 Å². The molecule has 4 aromatic rings. The Hall–Kier alpha value is -3.94. The topological polar surface area (TPSA) is 137 Å². The van der Waals surface area contributed by atoms with Crippen LogP contribution < -0.4 is 5.90 Å². The number of carbonyl (C=O) groups is 1. The highest BCUT2D eigenvalue weighted by Crippen LogP contribution is 2.45. The van der Waals surface area contributed by atoms with E-state index in [0.29, 0.717) is 28.1 Å². The van der Waals surface area contributed by atoms with Gasteiger partial charge in [0.05, 0.1) is 24.3 Å². The molecule has 12 heteroatoms. The third-order valence-corrected chi connectivity index (χ3v) is 9.64. The first-order chi connectivity index (χ1) is 21.8. The van der Waals surface area contributed by atoms with Crippen LogP contribution in [0.2, 0.25) is 0 Å². The van der Waals surface area contributed by atoms with Crippen LogP contribution in [0.3, 0.4) is 0 Å². The summed E-state index contributed by atoms with van der Waals surface area (Å²) in [5.41, 5.74) is 2.97. The quantitative estimate of drug-likeness (QED) is 0.169. The van der Waals surface area contributed by atoms with Crippen molar-refractivity contribution in [1.82, 2.24) is 8.87 Å². The minimum atomic E-state index is -4.21. The Balaban J connectivity index is 1.94. The number of benzene rings is 3. The van der Waals surface area contributed by atoms with Crippen molar-refractivity contribution in [1.29, 1.82) is 0 Å². The van der Waals surface area contributed by atoms with Gasteiger partial charge in [-0.15, -0.1) is 0 Å². The van der Waals surface area contributed by atoms with Crippen molar-refractivity contribution in [3.63, 3.8) is 0 Å². The van der Waals surface area contributed by atoms with E-state index in [2.05, 4.69) is 10.7 Å². The highest BCUT2D eigenvalue weighted by molar-refractivity contribution is 7.89. The lowest BCUT2D eigenvalue weighted by molar-refractivity contribution is -0.657. The molecule has 2 atom stereocenters. The zero-order valence-corrected chi connectivity index (χ0v) is 26.9. The molecule has 1 aromatic heterocycles. The fraction of sp³-hybridized carbons (Fsp3) is 0.324. The van der Waals surface area contributed by atoms with E-state index in [1.165, 1.54) is 47.8 Å². The second-order valence-corrected chi connectivity index (χ2v) is 13.5. The Bertz CT molecular complexity index is 1730. The van der Waals surface area contributed by atoms with E-state index in [1.54, 1.807) is 16.7 Å². The summed E-state index contributed by atoms with van der Waals surface area (Å²) >= 11 is 0. The van der Waals surface area contributed by atoms with Crippen molar-refractivity contribution in [3.8, 4) is 22.4 Å². The molecule has 0 saturated carbocycles. The van der Waals surface area contributed by atoms with Crippen molar-refractivity contribution in [3.05, 3.63) is 102 Å². The Morgan fingerprint density at radius 3 is 2.02 bits per heavy atom. The maximum atomic E-state index is 14.6. The number of rotatable bonds is 14. The van der Waals surface area contributed by atoms with Gasteiger partial charge in [-0.1, -0.05) is 56.3 Å². The number of aliphatic hydroxyl groups is 2. The molecule has 0 aliphatic carbocycles. The number of nitrogens with zero attached hydrogens (tertiary/aromatic N) is 2. The summed E-state index contributed by atoms with van der Waals surface area (Å²) < 4.78 is 60.6. The molecule has 3 aromatic carbocycles. The molecule has 0 saturated heterocycles. The van der Waals surface area contributed by atoms with Crippen LogP contribution in [0.4, 0.5) is 8.78 Å². The molecular weight excluding hydrogens is 616 g/mol. The van der Waals surface area contributed by atoms with Gasteiger partial charge in [0.25, 0.3) is 0 Å². The summed E-state index contributed by atoms with van der Waals surface area (Å²) in [7, 11) is -2.71. The Morgan fingerprint density at radius 2 is 1.48 bits per heavy atom. The number of aromatic nitrogens is 1. The molecule has 9 nitrogen and oxygen atoms in total. The fourth-order valence-corrected chi connectivity index (χ4v) is 7.31. The number of carbonyl (C=O) groups excluding carboxylic acids is 1. The number of halogens is 2. The van der Waals surface area contributed by atoms with Gasteiger partial charge < -0.3 is 14.8 Å². The number of quaternary nitrogens is 1. The molecule has 1 heterocycles. The molecule has 246 valence electrons. The smallest absolute Gasteiger partial charge is 0.368 e. The second-order valence-electron chi connectivity index (χ2n) is 11.6. The molecule has 46 heavy (non-hydrogen) atoms. The van der Waals surface area contributed by atoms with Crippen LogP contribution in [-0.4, -0.2) is 52.7 Å². The van der Waals surface area contributed by atoms with Crippen LogP contribution in [0.25, 0.3) is 22.4 Å². The lowest BCUT2D eigenvalue weighted by Gasteiger charge is -2.22. The molecule has 0 amide bonds. The summed E-state index contributed by atoms with van der Waals surface area (Å²) in [5.74, 6) is 0.997. The first kappa shape index (κ1) is 34.9. The molecule has 0 aliphatic heterocycles. The summed E-state index contributed by atoms with van der Waals surface area (Å²) in [4.78, 5) is 15.9. The van der Waals surface area contributed by atoms with Crippen LogP contribution >= 0.6 is 0 Å². The van der Waals surface area contributed by atoms with Crippen LogP contribution in [-0.2, 0) is 32.7 Å². The predicted octanol–water partition coefficient (Wildman–Crippen LogP) is 4.64. The molecule has 4 rings (SSSR count). The molecule has 0 spiro atoms. The van der Waals surface area contributed by atoms with Gasteiger partial charge in [0.2, 0.25) is 10.0 Å². The van der Waals surface area contributed by atoms with Crippen LogP contribution in [0.15, 0.2) is 83.8 Å². The molecule has 0 fully saturated rings. The highest BCUT2D eigenvalue weighted by atomic mass is 32.2. The van der Waals surface area contributed by atoms with Gasteiger partial charge in [-0.05, 0) is 71.8 Å². The van der Waals surface area contributed by atoms with Gasteiger partial charge in [-0.2, -0.15) is 10.2 Å². The predicted molar refractivity (Wildman–Crippen MR) is 169 cm³/mol. The maximum absolute atomic E-state index is 14.6. The summed E-state index contributed by atoms with van der Waals surface area (Å²) in [5, 5.41) is 21.2. The van der Waals surface area contributed by atoms with Crippen molar-refractivity contribution < 1.29 is 42.9 Å². The minimum Gasteiger partial charge on any atom is -0.393 e. The average molecular weight is 657 g/mol. The van der Waals surface area contributed by atoms with Crippen molar-refractivity contribution in [2.45, 2.75) is 69.2 Å². The summed E-state index contributed by atoms with van der Waals surface area (Å²) in [6.45, 7) is 3.91. The largest absolute Gasteiger partial charge is 0.393 e. The molecular formula is C34H40F2N3O6S+. The van der Waals surface area contributed by atoms with Crippen LogP contribution in [0, 0.1) is 11.6 Å². The van der Waals surface area contributed by atoms with E-state index < -0.39 is 39.8 Å². The Kier molecular flexibility index (Phi) is 11.5. The minimum absolute atomic E-state index is 0.0274. The van der Waals surface area contributed by atoms with Crippen LogP contribution in [0.5, 0.6) is 0 Å². The standard InChI is InChI=1S/C34H40F2N3O6S/c1-22(2)32-34(46(43,44)38(3)21-23-7-5-4-6-8-23)31(24-9-13-26(35)14-10-24)33(25-11-15-27(36)16-12-25)39(32)18-17-28(40)19-29(41)20-30(42)45-37/h4-16,22,28-29,40-41H,17-21H2,1-3,37H3/q+1. The average Bonchev–Trinajstić information content (AvgIpc) is 3.37. The molecule has 0 bridgehead atoms. The van der Waals surface area contributed by atoms with E-state index in [0.717, 1.165) is 5.56 Å². The lowest BCUT2D eigenvalue weighted by Crippen LogP contribution is -2.51. The third-order valence-electron chi connectivity index (χ3n) is 7.76. The van der Waals surface area contributed by atoms with Crippen molar-refractivity contribution >= 4 is 16.0 Å². The SMILES string of the molecule is CC(C)c1c(S(=O)(=O)N(C)Cc2ccccc2)c(-c2ccc(F)cc2)c(-c2ccc(F)cc2)n1CCC(O)CC(O)CC(=O)O[NH3+]. The van der Waals surface area contributed by atoms with Gasteiger partial charge in [0, 0.05) is 31.4 Å². The lowest BCUT2D eigenvalue weighted by atomic mass is 10.00. The zero-order valence-electron chi connectivity index (χ0n) is 26.1. The third kappa shape index (κ3) is 8.06. The van der Waals surface area contributed by atoms with E-state index >= 15 is 0 Å². The van der Waals surface area contributed by atoms with E-state index in [9.17, 15) is 32.2 Å². The van der Waals surface area contributed by atoms with Gasteiger partial charge in [-0.25, -0.2) is 22.0 Å². The zero-order chi connectivity index (χ0) is 33.6. The monoisotopic (exact) mass is 656 g/mol. The van der Waals surface area contributed by atoms with Gasteiger partial charge in [-0.3, -0.25) is 4.84 Å². The van der Waals surface area contributed by atoms with Crippen molar-refractivity contribution in [2.24, 2.45) is 0 Å². The second kappa shape index (κ2) is 15.1. The maximum Gasteiger partial charge on any atom is 0.368 e. The molecule has 0 radical (unpaired) electrons. The first-order valence-electron chi connectivity index (χ1n) is 14.9. The highest BCUT2D eigenvalue weighted by Gasteiger charge is 2.36.